The molecule has 0 bridgehead atoms. The Morgan fingerprint density at radius 3 is 2.74 bits per heavy atom. The maximum absolute atomic E-state index is 5.78. The van der Waals surface area contributed by atoms with E-state index in [1.165, 1.54) is 5.69 Å². The molecular weight excluding hydrogens is 290 g/mol. The van der Waals surface area contributed by atoms with Gasteiger partial charge in [-0.1, -0.05) is 18.2 Å². The average Bonchev–Trinajstić information content (AvgIpc) is 2.94. The topological polar surface area (TPSA) is 83.2 Å². The number of hydrogen-bond donors (Lipinski definition) is 2. The molecule has 23 heavy (non-hydrogen) atoms. The summed E-state index contributed by atoms with van der Waals surface area (Å²) in [6.45, 7) is 2.69. The zero-order chi connectivity index (χ0) is 16.2. The fraction of sp³-hybridized carbons (Fsp3) is 0.438. The van der Waals surface area contributed by atoms with Crippen molar-refractivity contribution in [2.75, 3.05) is 43.1 Å². The predicted molar refractivity (Wildman–Crippen MR) is 92.3 cm³/mol. The minimum Gasteiger partial charge on any atom is -0.381 e. The van der Waals surface area contributed by atoms with Crippen LogP contribution in [0.4, 0.5) is 17.6 Å². The zero-order valence-corrected chi connectivity index (χ0v) is 13.6. The number of anilines is 3. The van der Waals surface area contributed by atoms with E-state index in [9.17, 15) is 0 Å². The van der Waals surface area contributed by atoms with E-state index in [1.54, 1.807) is 0 Å². The summed E-state index contributed by atoms with van der Waals surface area (Å²) in [6.07, 6.45) is 1.11. The number of aromatic nitrogens is 3. The van der Waals surface area contributed by atoms with E-state index in [-0.39, 0.29) is 5.95 Å². The molecule has 1 saturated heterocycles. The van der Waals surface area contributed by atoms with Crippen LogP contribution < -0.4 is 16.0 Å². The second kappa shape index (κ2) is 6.78. The Labute approximate surface area is 136 Å². The van der Waals surface area contributed by atoms with Gasteiger partial charge in [0.15, 0.2) is 0 Å². The number of nitrogen functional groups attached to an aromatic ring is 1. The Morgan fingerprint density at radius 1 is 1.22 bits per heavy atom. The van der Waals surface area contributed by atoms with Gasteiger partial charge in [-0.25, -0.2) is 0 Å². The molecule has 1 aliphatic rings. The van der Waals surface area contributed by atoms with Gasteiger partial charge in [-0.2, -0.15) is 15.0 Å². The number of likely N-dealkylation sites (tertiary alicyclic amines) is 1. The van der Waals surface area contributed by atoms with E-state index in [2.05, 4.69) is 37.3 Å². The molecule has 1 aromatic heterocycles. The van der Waals surface area contributed by atoms with Gasteiger partial charge in [0.1, 0.15) is 5.82 Å². The van der Waals surface area contributed by atoms with E-state index < -0.39 is 0 Å². The molecule has 7 heteroatoms. The molecule has 1 fully saturated rings. The van der Waals surface area contributed by atoms with Gasteiger partial charge in [0.25, 0.3) is 0 Å². The molecule has 0 aliphatic carbocycles. The summed E-state index contributed by atoms with van der Waals surface area (Å²) < 4.78 is 0. The van der Waals surface area contributed by atoms with E-state index in [0.717, 1.165) is 25.3 Å². The number of para-hydroxylation sites is 1. The van der Waals surface area contributed by atoms with Gasteiger partial charge in [-0.15, -0.1) is 0 Å². The maximum atomic E-state index is 5.78. The Hall–Kier alpha value is -2.41. The molecule has 0 radical (unpaired) electrons. The van der Waals surface area contributed by atoms with Crippen molar-refractivity contribution in [2.45, 2.75) is 19.0 Å². The van der Waals surface area contributed by atoms with Gasteiger partial charge < -0.3 is 16.0 Å². The largest absolute Gasteiger partial charge is 0.381 e. The van der Waals surface area contributed by atoms with Crippen molar-refractivity contribution in [3.8, 4) is 0 Å². The van der Waals surface area contributed by atoms with E-state index in [1.807, 2.05) is 37.2 Å². The Kier molecular flexibility index (Phi) is 4.57. The van der Waals surface area contributed by atoms with Gasteiger partial charge in [0.2, 0.25) is 11.9 Å². The lowest BCUT2D eigenvalue weighted by Gasteiger charge is -2.17. The smallest absolute Gasteiger partial charge is 0.229 e. The third-order valence-corrected chi connectivity index (χ3v) is 3.87. The standard InChI is InChI=1S/C16H23N7/c1-22(2)16-20-14(19-15(17)21-16)11-23-9-8-13(10-23)18-12-6-4-3-5-7-12/h3-7,13,18H,8-11H2,1-2H3,(H2,17,19,20,21)/t13-/m1/s1. The monoisotopic (exact) mass is 313 g/mol. The number of hydrogen-bond acceptors (Lipinski definition) is 7. The number of benzene rings is 1. The van der Waals surface area contributed by atoms with Crippen LogP contribution in [-0.2, 0) is 6.54 Å². The van der Waals surface area contributed by atoms with Crippen LogP contribution in [0.15, 0.2) is 30.3 Å². The first-order valence-corrected chi connectivity index (χ1v) is 7.82. The van der Waals surface area contributed by atoms with Crippen molar-refractivity contribution in [2.24, 2.45) is 0 Å². The van der Waals surface area contributed by atoms with E-state index >= 15 is 0 Å². The molecule has 1 atom stereocenters. The highest BCUT2D eigenvalue weighted by atomic mass is 15.3. The second-order valence-corrected chi connectivity index (χ2v) is 6.04. The summed E-state index contributed by atoms with van der Waals surface area (Å²) in [5, 5.41) is 3.57. The molecule has 0 unspecified atom stereocenters. The van der Waals surface area contributed by atoms with Gasteiger partial charge in [-0.05, 0) is 18.6 Å². The normalized spacial score (nSPS) is 18.1. The summed E-state index contributed by atoms with van der Waals surface area (Å²) in [4.78, 5) is 17.0. The molecule has 3 N–H and O–H groups in total. The summed E-state index contributed by atoms with van der Waals surface area (Å²) in [7, 11) is 3.79. The van der Waals surface area contributed by atoms with Crippen LogP contribution in [0.25, 0.3) is 0 Å². The molecular formula is C16H23N7. The van der Waals surface area contributed by atoms with Crippen molar-refractivity contribution in [1.29, 1.82) is 0 Å². The average molecular weight is 313 g/mol. The molecule has 3 rings (SSSR count). The third kappa shape index (κ3) is 4.07. The van der Waals surface area contributed by atoms with Crippen molar-refractivity contribution in [1.82, 2.24) is 19.9 Å². The summed E-state index contributed by atoms with van der Waals surface area (Å²) >= 11 is 0. The number of nitrogens with zero attached hydrogens (tertiary/aromatic N) is 5. The Bertz CT molecular complexity index is 644. The molecule has 2 heterocycles. The summed E-state index contributed by atoms with van der Waals surface area (Å²) in [5.74, 6) is 1.60. The van der Waals surface area contributed by atoms with Crippen molar-refractivity contribution < 1.29 is 0 Å². The maximum Gasteiger partial charge on any atom is 0.229 e. The molecule has 0 amide bonds. The lowest BCUT2D eigenvalue weighted by Crippen LogP contribution is -2.27. The van der Waals surface area contributed by atoms with Gasteiger partial charge in [0, 0.05) is 38.9 Å². The molecule has 1 aromatic carbocycles. The SMILES string of the molecule is CN(C)c1nc(N)nc(CN2CC[C@@H](Nc3ccccc3)C2)n1. The van der Waals surface area contributed by atoms with Crippen LogP contribution in [0.1, 0.15) is 12.2 Å². The van der Waals surface area contributed by atoms with E-state index in [0.29, 0.717) is 18.5 Å². The lowest BCUT2D eigenvalue weighted by atomic mass is 10.2. The number of rotatable bonds is 5. The van der Waals surface area contributed by atoms with Crippen LogP contribution >= 0.6 is 0 Å². The molecule has 0 spiro atoms. The van der Waals surface area contributed by atoms with E-state index in [4.69, 9.17) is 5.73 Å². The molecule has 2 aromatic rings. The molecule has 7 nitrogen and oxygen atoms in total. The first-order chi connectivity index (χ1) is 11.1. The highest BCUT2D eigenvalue weighted by Gasteiger charge is 2.23. The molecule has 1 aliphatic heterocycles. The van der Waals surface area contributed by atoms with Crippen LogP contribution in [-0.4, -0.2) is 53.1 Å². The quantitative estimate of drug-likeness (QED) is 0.858. The Balaban J connectivity index is 1.60. The van der Waals surface area contributed by atoms with Gasteiger partial charge in [-0.3, -0.25) is 4.90 Å². The van der Waals surface area contributed by atoms with Crippen LogP contribution in [0.3, 0.4) is 0 Å². The fourth-order valence-corrected chi connectivity index (χ4v) is 2.76. The molecule has 122 valence electrons. The van der Waals surface area contributed by atoms with Crippen molar-refractivity contribution >= 4 is 17.6 Å². The van der Waals surface area contributed by atoms with Crippen LogP contribution in [0.5, 0.6) is 0 Å². The summed E-state index contributed by atoms with van der Waals surface area (Å²) in [6, 6.07) is 10.8. The van der Waals surface area contributed by atoms with Gasteiger partial charge in [0.05, 0.1) is 6.54 Å². The lowest BCUT2D eigenvalue weighted by molar-refractivity contribution is 0.319. The minimum atomic E-state index is 0.275. The van der Waals surface area contributed by atoms with Crippen molar-refractivity contribution in [3.63, 3.8) is 0 Å². The number of nitrogens with two attached hydrogens (primary N) is 1. The zero-order valence-electron chi connectivity index (χ0n) is 13.6. The minimum absolute atomic E-state index is 0.275. The van der Waals surface area contributed by atoms with Crippen molar-refractivity contribution in [3.05, 3.63) is 36.2 Å². The summed E-state index contributed by atoms with van der Waals surface area (Å²) in [5.41, 5.74) is 6.95. The predicted octanol–water partition coefficient (Wildman–Crippen LogP) is 1.21. The highest BCUT2D eigenvalue weighted by Crippen LogP contribution is 2.17. The first kappa shape index (κ1) is 15.5. The second-order valence-electron chi connectivity index (χ2n) is 6.04. The molecule has 0 saturated carbocycles. The highest BCUT2D eigenvalue weighted by molar-refractivity contribution is 5.43. The number of nitrogens with one attached hydrogen (secondary N) is 1. The van der Waals surface area contributed by atoms with Crippen LogP contribution in [0, 0.1) is 0 Å². The third-order valence-electron chi connectivity index (χ3n) is 3.87. The first-order valence-electron chi connectivity index (χ1n) is 7.82. The Morgan fingerprint density at radius 2 is 2.00 bits per heavy atom. The van der Waals surface area contributed by atoms with Gasteiger partial charge >= 0.3 is 0 Å². The fourth-order valence-electron chi connectivity index (χ4n) is 2.76. The van der Waals surface area contributed by atoms with Crippen LogP contribution in [0.2, 0.25) is 0 Å².